The molecule has 0 unspecified atom stereocenters. The van der Waals surface area contributed by atoms with Gasteiger partial charge in [-0.1, -0.05) is 6.92 Å². The molecule has 0 atom stereocenters. The number of thiazole rings is 1. The van der Waals surface area contributed by atoms with E-state index in [1.54, 1.807) is 6.20 Å². The lowest BCUT2D eigenvalue weighted by atomic mass is 9.82. The molecule has 0 aliphatic heterocycles. The van der Waals surface area contributed by atoms with Crippen molar-refractivity contribution < 1.29 is 14.3 Å². The lowest BCUT2D eigenvalue weighted by Gasteiger charge is -2.43. The standard InChI is InChI=1S/C21H33N3O3S/c1-4-27-19(25)16-7-11-18(12-8-16)24(17-9-5-14(2)6-10-17)21(26)23-20-22-13-15(3)28-20/h13-14,16-18H,4-12H2,1-3H3,(H,22,23,26). The third kappa shape index (κ3) is 5.25. The van der Waals surface area contributed by atoms with Crippen LogP contribution in [0.25, 0.3) is 0 Å². The molecule has 1 heterocycles. The number of carbonyl (C=O) groups excluding carboxylic acids is 2. The Morgan fingerprint density at radius 1 is 1.14 bits per heavy atom. The Bertz CT molecular complexity index is 662. The lowest BCUT2D eigenvalue weighted by molar-refractivity contribution is -0.149. The molecule has 1 N–H and O–H groups in total. The van der Waals surface area contributed by atoms with Gasteiger partial charge in [0.15, 0.2) is 5.13 Å². The van der Waals surface area contributed by atoms with Crippen molar-refractivity contribution in [1.29, 1.82) is 0 Å². The zero-order valence-electron chi connectivity index (χ0n) is 17.3. The van der Waals surface area contributed by atoms with Crippen LogP contribution in [-0.4, -0.2) is 40.6 Å². The highest BCUT2D eigenvalue weighted by Gasteiger charge is 2.37. The second kappa shape index (κ2) is 9.72. The van der Waals surface area contributed by atoms with Crippen LogP contribution >= 0.6 is 11.3 Å². The number of rotatable bonds is 5. The molecule has 3 rings (SSSR count). The molecule has 0 bridgehead atoms. The number of esters is 1. The van der Waals surface area contributed by atoms with Gasteiger partial charge in [-0.3, -0.25) is 10.1 Å². The number of urea groups is 1. The Morgan fingerprint density at radius 2 is 1.75 bits per heavy atom. The van der Waals surface area contributed by atoms with E-state index in [4.69, 9.17) is 4.74 Å². The number of carbonyl (C=O) groups is 2. The van der Waals surface area contributed by atoms with Gasteiger partial charge in [-0.05, 0) is 71.1 Å². The van der Waals surface area contributed by atoms with Gasteiger partial charge in [0.25, 0.3) is 0 Å². The molecule has 1 aromatic heterocycles. The van der Waals surface area contributed by atoms with Crippen molar-refractivity contribution in [2.75, 3.05) is 11.9 Å². The Kier molecular flexibility index (Phi) is 7.32. The van der Waals surface area contributed by atoms with Crippen molar-refractivity contribution in [2.45, 2.75) is 84.2 Å². The van der Waals surface area contributed by atoms with Crippen molar-refractivity contribution in [3.05, 3.63) is 11.1 Å². The maximum atomic E-state index is 13.2. The summed E-state index contributed by atoms with van der Waals surface area (Å²) >= 11 is 1.51. The predicted molar refractivity (Wildman–Crippen MR) is 112 cm³/mol. The second-order valence-corrected chi connectivity index (χ2v) is 9.52. The molecular weight excluding hydrogens is 374 g/mol. The predicted octanol–water partition coefficient (Wildman–Crippen LogP) is 4.99. The average Bonchev–Trinajstić information content (AvgIpc) is 3.09. The highest BCUT2D eigenvalue weighted by Crippen LogP contribution is 2.35. The first kappa shape index (κ1) is 21.1. The molecule has 0 saturated heterocycles. The van der Waals surface area contributed by atoms with E-state index in [0.717, 1.165) is 49.3 Å². The topological polar surface area (TPSA) is 71.5 Å². The number of aromatic nitrogens is 1. The van der Waals surface area contributed by atoms with Gasteiger partial charge >= 0.3 is 12.0 Å². The summed E-state index contributed by atoms with van der Waals surface area (Å²) in [7, 11) is 0. The maximum absolute atomic E-state index is 13.2. The number of aryl methyl sites for hydroxylation is 1. The summed E-state index contributed by atoms with van der Waals surface area (Å²) in [6.45, 7) is 6.56. The fraction of sp³-hybridized carbons (Fsp3) is 0.762. The van der Waals surface area contributed by atoms with Gasteiger partial charge in [-0.2, -0.15) is 0 Å². The van der Waals surface area contributed by atoms with Gasteiger partial charge < -0.3 is 9.64 Å². The summed E-state index contributed by atoms with van der Waals surface area (Å²) in [6, 6.07) is 0.431. The molecule has 1 aromatic rings. The third-order valence-corrected chi connectivity index (χ3v) is 6.99. The van der Waals surface area contributed by atoms with Crippen LogP contribution in [0.4, 0.5) is 9.93 Å². The molecule has 6 nitrogen and oxygen atoms in total. The number of hydrogen-bond acceptors (Lipinski definition) is 5. The van der Waals surface area contributed by atoms with Crippen LogP contribution in [-0.2, 0) is 9.53 Å². The molecule has 28 heavy (non-hydrogen) atoms. The van der Waals surface area contributed by atoms with Gasteiger partial charge in [0, 0.05) is 23.2 Å². The molecule has 0 aromatic carbocycles. The van der Waals surface area contributed by atoms with Crippen molar-refractivity contribution in [2.24, 2.45) is 11.8 Å². The minimum Gasteiger partial charge on any atom is -0.466 e. The second-order valence-electron chi connectivity index (χ2n) is 8.28. The number of anilines is 1. The van der Waals surface area contributed by atoms with Crippen LogP contribution in [0.1, 0.15) is 70.1 Å². The van der Waals surface area contributed by atoms with Crippen LogP contribution < -0.4 is 5.32 Å². The lowest BCUT2D eigenvalue weighted by Crippen LogP contribution is -2.51. The molecule has 2 amide bonds. The quantitative estimate of drug-likeness (QED) is 0.698. The monoisotopic (exact) mass is 407 g/mol. The first-order valence-corrected chi connectivity index (χ1v) is 11.5. The molecule has 2 saturated carbocycles. The largest absolute Gasteiger partial charge is 0.466 e. The molecule has 7 heteroatoms. The van der Waals surface area contributed by atoms with Gasteiger partial charge in [-0.25, -0.2) is 9.78 Å². The average molecular weight is 408 g/mol. The van der Waals surface area contributed by atoms with Crippen molar-refractivity contribution in [3.63, 3.8) is 0 Å². The molecule has 2 aliphatic rings. The SMILES string of the molecule is CCOC(=O)C1CCC(N(C(=O)Nc2ncc(C)s2)C2CCC(C)CC2)CC1. The third-order valence-electron chi connectivity index (χ3n) is 6.16. The number of nitrogens with one attached hydrogen (secondary N) is 1. The van der Waals surface area contributed by atoms with E-state index >= 15 is 0 Å². The molecular formula is C21H33N3O3S. The van der Waals surface area contributed by atoms with Crippen LogP contribution in [0, 0.1) is 18.8 Å². The van der Waals surface area contributed by atoms with E-state index in [9.17, 15) is 9.59 Å². The highest BCUT2D eigenvalue weighted by atomic mass is 32.1. The summed E-state index contributed by atoms with van der Waals surface area (Å²) in [5, 5.41) is 3.69. The minimum absolute atomic E-state index is 0.0194. The van der Waals surface area contributed by atoms with Crippen molar-refractivity contribution in [1.82, 2.24) is 9.88 Å². The summed E-state index contributed by atoms with van der Waals surface area (Å²) in [6.07, 6.45) is 9.56. The van der Waals surface area contributed by atoms with Crippen LogP contribution in [0.15, 0.2) is 6.20 Å². The van der Waals surface area contributed by atoms with Crippen molar-refractivity contribution >= 4 is 28.5 Å². The van der Waals surface area contributed by atoms with Gasteiger partial charge in [0.05, 0.1) is 12.5 Å². The zero-order valence-corrected chi connectivity index (χ0v) is 18.1. The Balaban J connectivity index is 1.67. The normalized spacial score (nSPS) is 27.8. The van der Waals surface area contributed by atoms with E-state index in [0.29, 0.717) is 11.7 Å². The highest BCUT2D eigenvalue weighted by molar-refractivity contribution is 7.15. The molecule has 156 valence electrons. The zero-order chi connectivity index (χ0) is 20.1. The number of amides is 2. The van der Waals surface area contributed by atoms with E-state index < -0.39 is 0 Å². The van der Waals surface area contributed by atoms with E-state index in [1.807, 2.05) is 13.8 Å². The summed E-state index contributed by atoms with van der Waals surface area (Å²) in [5.74, 6) is 0.637. The van der Waals surface area contributed by atoms with Gasteiger partial charge in [0.2, 0.25) is 0 Å². The van der Waals surface area contributed by atoms with E-state index in [1.165, 1.54) is 24.2 Å². The molecule has 0 radical (unpaired) electrons. The fourth-order valence-corrected chi connectivity index (χ4v) is 5.22. The van der Waals surface area contributed by atoms with E-state index in [-0.39, 0.29) is 30.0 Å². The minimum atomic E-state index is -0.0818. The Morgan fingerprint density at radius 3 is 2.29 bits per heavy atom. The summed E-state index contributed by atoms with van der Waals surface area (Å²) in [4.78, 5) is 32.7. The maximum Gasteiger partial charge on any atom is 0.324 e. The van der Waals surface area contributed by atoms with Crippen LogP contribution in [0.2, 0.25) is 0 Å². The van der Waals surface area contributed by atoms with Crippen LogP contribution in [0.5, 0.6) is 0 Å². The van der Waals surface area contributed by atoms with Gasteiger partial charge in [-0.15, -0.1) is 11.3 Å². The number of hydrogen-bond donors (Lipinski definition) is 1. The fourth-order valence-electron chi connectivity index (χ4n) is 4.57. The summed E-state index contributed by atoms with van der Waals surface area (Å²) in [5.41, 5.74) is 0. The molecule has 0 spiro atoms. The Labute approximate surface area is 172 Å². The first-order valence-electron chi connectivity index (χ1n) is 10.7. The van der Waals surface area contributed by atoms with Gasteiger partial charge in [0.1, 0.15) is 0 Å². The number of ether oxygens (including phenoxy) is 1. The Hall–Kier alpha value is -1.63. The van der Waals surface area contributed by atoms with Crippen LogP contribution in [0.3, 0.4) is 0 Å². The molecule has 2 fully saturated rings. The van der Waals surface area contributed by atoms with E-state index in [2.05, 4.69) is 22.1 Å². The number of nitrogens with zero attached hydrogens (tertiary/aromatic N) is 2. The smallest absolute Gasteiger partial charge is 0.324 e. The van der Waals surface area contributed by atoms with Crippen molar-refractivity contribution in [3.8, 4) is 0 Å². The summed E-state index contributed by atoms with van der Waals surface area (Å²) < 4.78 is 5.20. The molecule has 2 aliphatic carbocycles. The first-order chi connectivity index (χ1) is 13.5.